The Labute approximate surface area is 550 Å². The molecule has 9 amide bonds. The third kappa shape index (κ3) is 19.4. The maximum absolute atomic E-state index is 15.1. The summed E-state index contributed by atoms with van der Waals surface area (Å²) in [6.45, 7) is 9.13. The monoisotopic (exact) mass is 1330 g/mol. The van der Waals surface area contributed by atoms with Gasteiger partial charge >= 0.3 is 5.97 Å². The number of amides is 9. The second-order valence-electron chi connectivity index (χ2n) is 24.7. The fourth-order valence-electron chi connectivity index (χ4n) is 11.2. The van der Waals surface area contributed by atoms with E-state index in [0.717, 1.165) is 21.1 Å². The summed E-state index contributed by atoms with van der Waals surface area (Å²) in [7, 11) is 4.83. The largest absolute Gasteiger partial charge is 0.462 e. The number of nitrogens with two attached hydrogens (primary N) is 1. The molecule has 0 spiro atoms. The second-order valence-corrected chi connectivity index (χ2v) is 25.6. The predicted molar refractivity (Wildman–Crippen MR) is 342 cm³/mol. The van der Waals surface area contributed by atoms with Gasteiger partial charge in [0.1, 0.15) is 71.1 Å². The number of carbonyl (C=O) groups excluding carboxylic acids is 10. The summed E-state index contributed by atoms with van der Waals surface area (Å²) in [6.07, 6.45) is -5.00. The van der Waals surface area contributed by atoms with Crippen LogP contribution < -0.4 is 26.4 Å². The smallest absolute Gasteiger partial charge is 0.303 e. The SMILES string of the molecule is CC[C@H](C)[C@H](NC(=O)[C@H]1CN1C)C(=O)N(C)[C@H](C[C@@H](OC(C)=O)c1nc(C(=O)N(C)[C@@H](Cc2ccc(OC3OC(CO)C(O)C(O)C3O)cc2)C(=O)N[C@H](CCCCN)C(=O)N[C@@H](Cc2ccccc2)C(=O)N=C2CN(C(=O)CCCN3C(=O)C=CC3=O)C2)cs1)C(C)C. The number of thiazole rings is 1. The van der Waals surface area contributed by atoms with E-state index >= 15 is 4.79 Å². The van der Waals surface area contributed by atoms with Gasteiger partial charge in [0, 0.05) is 83.4 Å². The third-order valence-electron chi connectivity index (χ3n) is 17.4. The topological polar surface area (TPSA) is 383 Å². The van der Waals surface area contributed by atoms with Crippen molar-refractivity contribution in [3.8, 4) is 5.75 Å². The van der Waals surface area contributed by atoms with E-state index in [1.54, 1.807) is 54.4 Å². The molecular formula is C65H89N11O17S. The number of carbonyl (C=O) groups is 10. The standard InChI is InChI=1S/C65H89N11O17S/c1-9-37(4)54(71-61(88)48-33-72(48)6)64(90)73(7)46(36(2)3)30-49(91-38(5)78)62-70-45(35-94-62)63(89)74(8)47(29-40-20-22-42(23-21-40)92-65-57(84)56(83)55(82)50(34-77)93-65)60(87)68-43(18-13-14-26-66)58(85)69-44(28-39-16-11-10-12-17-39)59(86)67-41-31-75(32-41)51(79)19-15-27-76-52(80)24-25-53(76)81/h10-12,16-17,20-25,35-37,43-44,46-50,54-57,65,77,82-84H,9,13-15,18-19,26-34,66H2,1-8H3,(H,68,87)(H,69,85)(H,71,88)/t37-,43+,44-,46+,47-,48+,49+,50?,54-,55?,56?,57?,65?,72?/m0/s1. The lowest BCUT2D eigenvalue weighted by Gasteiger charge is -2.39. The number of aliphatic hydroxyl groups is 4. The van der Waals surface area contributed by atoms with Gasteiger partial charge < -0.3 is 71.0 Å². The van der Waals surface area contributed by atoms with Crippen LogP contribution in [0.25, 0.3) is 0 Å². The van der Waals surface area contributed by atoms with E-state index in [1.165, 1.54) is 48.5 Å². The Bertz CT molecular complexity index is 3210. The zero-order chi connectivity index (χ0) is 68.7. The number of imide groups is 1. The quantitative estimate of drug-likeness (QED) is 0.0175. The summed E-state index contributed by atoms with van der Waals surface area (Å²) in [4.78, 5) is 152. The van der Waals surface area contributed by atoms with Crippen molar-refractivity contribution < 1.29 is 82.6 Å². The summed E-state index contributed by atoms with van der Waals surface area (Å²) in [5.41, 5.74) is 7.26. The van der Waals surface area contributed by atoms with Crippen LogP contribution in [0.5, 0.6) is 5.75 Å². The zero-order valence-corrected chi connectivity index (χ0v) is 55.1. The number of aliphatic imine (C=N–C) groups is 1. The van der Waals surface area contributed by atoms with Gasteiger partial charge in [-0.25, -0.2) is 9.98 Å². The first-order valence-corrected chi connectivity index (χ1v) is 32.6. The van der Waals surface area contributed by atoms with Gasteiger partial charge in [0.25, 0.3) is 23.6 Å². The number of ether oxygens (including phenoxy) is 3. The second kappa shape index (κ2) is 34.0. The number of esters is 1. The van der Waals surface area contributed by atoms with Gasteiger partial charge in [-0.2, -0.15) is 0 Å². The van der Waals surface area contributed by atoms with Crippen molar-refractivity contribution in [3.63, 3.8) is 0 Å². The summed E-state index contributed by atoms with van der Waals surface area (Å²) >= 11 is 1.02. The molecule has 29 heteroatoms. The van der Waals surface area contributed by atoms with Crippen molar-refractivity contribution in [3.05, 3.63) is 94.0 Å². The number of hydrogen-bond donors (Lipinski definition) is 8. The number of likely N-dealkylation sites (tertiary alicyclic amines) is 1. The number of hydrogen-bond acceptors (Lipinski definition) is 21. The molecule has 6 unspecified atom stereocenters. The number of unbranched alkanes of at least 4 members (excludes halogenated alkanes) is 1. The fraction of sp³-hybridized carbons (Fsp3) is 0.569. The van der Waals surface area contributed by atoms with E-state index in [4.69, 9.17) is 19.9 Å². The van der Waals surface area contributed by atoms with Crippen molar-refractivity contribution in [1.82, 2.24) is 45.4 Å². The van der Waals surface area contributed by atoms with Crippen LogP contribution >= 0.6 is 11.3 Å². The first-order chi connectivity index (χ1) is 44.7. The highest BCUT2D eigenvalue weighted by Gasteiger charge is 2.46. The molecule has 4 aliphatic rings. The van der Waals surface area contributed by atoms with Crippen LogP contribution in [0.1, 0.15) is 112 Å². The molecule has 0 aliphatic carbocycles. The average Bonchev–Trinajstić information content (AvgIpc) is 1.30. The highest BCUT2D eigenvalue weighted by atomic mass is 32.1. The van der Waals surface area contributed by atoms with E-state index < -0.39 is 115 Å². The minimum atomic E-state index is -1.71. The molecule has 0 saturated carbocycles. The first kappa shape index (κ1) is 73.5. The van der Waals surface area contributed by atoms with Gasteiger partial charge in [-0.15, -0.1) is 11.3 Å². The fourth-order valence-corrected chi connectivity index (χ4v) is 12.1. The lowest BCUT2D eigenvalue weighted by molar-refractivity contribution is -0.277. The molecule has 28 nitrogen and oxygen atoms in total. The zero-order valence-electron chi connectivity index (χ0n) is 54.3. The van der Waals surface area contributed by atoms with Crippen molar-refractivity contribution in [1.29, 1.82) is 0 Å². The molecule has 7 rings (SSSR count). The molecule has 9 N–H and O–H groups in total. The van der Waals surface area contributed by atoms with E-state index in [2.05, 4.69) is 25.9 Å². The summed E-state index contributed by atoms with van der Waals surface area (Å²) in [5, 5.41) is 51.4. The summed E-state index contributed by atoms with van der Waals surface area (Å²) in [6, 6.07) is 9.18. The van der Waals surface area contributed by atoms with E-state index in [-0.39, 0.29) is 117 Å². The number of nitrogens with one attached hydrogen (secondary N) is 3. The van der Waals surface area contributed by atoms with Crippen LogP contribution in [0, 0.1) is 11.8 Å². The average molecular weight is 1330 g/mol. The lowest BCUT2D eigenvalue weighted by atomic mass is 9.93. The normalized spacial score (nSPS) is 22.2. The number of likely N-dealkylation sites (N-methyl/N-ethyl adjacent to an activating group) is 3. The number of nitrogens with zero attached hydrogens (tertiary/aromatic N) is 7. The molecule has 0 radical (unpaired) electrons. The van der Waals surface area contributed by atoms with Crippen LogP contribution in [-0.4, -0.2) is 242 Å². The first-order valence-electron chi connectivity index (χ1n) is 31.7. The Morgan fingerprint density at radius 1 is 0.840 bits per heavy atom. The molecule has 512 valence electrons. The van der Waals surface area contributed by atoms with Crippen LogP contribution in [0.4, 0.5) is 0 Å². The van der Waals surface area contributed by atoms with Crippen molar-refractivity contribution in [2.45, 2.75) is 165 Å². The maximum atomic E-state index is 15.1. The molecule has 14 atom stereocenters. The Kier molecular flexibility index (Phi) is 26.6. The van der Waals surface area contributed by atoms with Gasteiger partial charge in [0.2, 0.25) is 35.8 Å². The number of benzene rings is 2. The molecule has 5 heterocycles. The van der Waals surface area contributed by atoms with Gasteiger partial charge in [-0.3, -0.25) is 57.7 Å². The molecular weight excluding hydrogens is 1240 g/mol. The molecule has 3 saturated heterocycles. The maximum Gasteiger partial charge on any atom is 0.303 e. The molecule has 0 bridgehead atoms. The molecule has 94 heavy (non-hydrogen) atoms. The van der Waals surface area contributed by atoms with Crippen LogP contribution in [-0.2, 0) is 65.5 Å². The Balaban J connectivity index is 1.13. The molecule has 3 aromatic rings. The molecule has 3 fully saturated rings. The summed E-state index contributed by atoms with van der Waals surface area (Å²) < 4.78 is 17.2. The third-order valence-corrected chi connectivity index (χ3v) is 18.3. The van der Waals surface area contributed by atoms with E-state index in [0.29, 0.717) is 42.6 Å². The lowest BCUT2D eigenvalue weighted by Crippen LogP contribution is -2.60. The van der Waals surface area contributed by atoms with Crippen molar-refractivity contribution in [2.75, 3.05) is 60.5 Å². The minimum absolute atomic E-state index is 0.00911. The van der Waals surface area contributed by atoms with Gasteiger partial charge in [-0.1, -0.05) is 76.6 Å². The number of aliphatic hydroxyl groups excluding tert-OH is 4. The Hall–Kier alpha value is -7.90. The number of aromatic nitrogens is 1. The Morgan fingerprint density at radius 3 is 2.10 bits per heavy atom. The van der Waals surface area contributed by atoms with Crippen molar-refractivity contribution >= 4 is 76.2 Å². The van der Waals surface area contributed by atoms with E-state index in [9.17, 15) is 63.6 Å². The van der Waals surface area contributed by atoms with Crippen molar-refractivity contribution in [2.24, 2.45) is 22.6 Å². The minimum Gasteiger partial charge on any atom is -0.462 e. The predicted octanol–water partition coefficient (Wildman–Crippen LogP) is 0.184. The van der Waals surface area contributed by atoms with Crippen LogP contribution in [0.2, 0.25) is 0 Å². The van der Waals surface area contributed by atoms with Crippen LogP contribution in [0.15, 0.2) is 77.1 Å². The van der Waals surface area contributed by atoms with Gasteiger partial charge in [0.15, 0.2) is 6.10 Å². The molecule has 2 aromatic carbocycles. The van der Waals surface area contributed by atoms with E-state index in [1.807, 2.05) is 39.6 Å². The van der Waals surface area contributed by atoms with Crippen LogP contribution in [0.3, 0.4) is 0 Å². The molecule has 1 aromatic heterocycles. The highest BCUT2D eigenvalue weighted by molar-refractivity contribution is 7.09. The molecule has 4 aliphatic heterocycles. The highest BCUT2D eigenvalue weighted by Crippen LogP contribution is 2.32. The number of rotatable bonds is 33. The van der Waals surface area contributed by atoms with Gasteiger partial charge in [-0.05, 0) is 74.4 Å². The van der Waals surface area contributed by atoms with Gasteiger partial charge in [0.05, 0.1) is 25.4 Å². The Morgan fingerprint density at radius 2 is 1.49 bits per heavy atom. The summed E-state index contributed by atoms with van der Waals surface area (Å²) in [5.74, 6) is -5.74.